The summed E-state index contributed by atoms with van der Waals surface area (Å²) in [6, 6.07) is 4.21. The molecule has 0 unspecified atom stereocenters. The lowest BCUT2D eigenvalue weighted by atomic mass is 9.96. The number of rotatable bonds is 4. The number of hydrogen-bond acceptors (Lipinski definition) is 1. The Morgan fingerprint density at radius 1 is 1.27 bits per heavy atom. The lowest BCUT2D eigenvalue weighted by molar-refractivity contribution is -0.136. The second-order valence-corrected chi connectivity index (χ2v) is 3.96. The Kier molecular flexibility index (Phi) is 3.89. The quantitative estimate of drug-likeness (QED) is 0.822. The highest BCUT2D eigenvalue weighted by molar-refractivity contribution is 5.67. The average Bonchev–Trinajstić information content (AvgIpc) is 2.14. The summed E-state index contributed by atoms with van der Waals surface area (Å²) >= 11 is 0. The van der Waals surface area contributed by atoms with Crippen molar-refractivity contribution in [3.8, 4) is 0 Å². The topological polar surface area (TPSA) is 37.3 Å². The molecule has 0 saturated carbocycles. The predicted molar refractivity (Wildman–Crippen MR) is 61.3 cm³/mol. The summed E-state index contributed by atoms with van der Waals surface area (Å²) in [6.45, 7) is 6.33. The van der Waals surface area contributed by atoms with Gasteiger partial charge in [-0.2, -0.15) is 0 Å². The van der Waals surface area contributed by atoms with E-state index in [1.165, 1.54) is 16.7 Å². The minimum atomic E-state index is -0.732. The van der Waals surface area contributed by atoms with Crippen molar-refractivity contribution in [2.24, 2.45) is 0 Å². The molecule has 1 rings (SSSR count). The first-order chi connectivity index (χ1) is 7.04. The van der Waals surface area contributed by atoms with E-state index in [9.17, 15) is 4.79 Å². The second kappa shape index (κ2) is 4.96. The summed E-state index contributed by atoms with van der Waals surface area (Å²) in [4.78, 5) is 10.5. The van der Waals surface area contributed by atoms with Gasteiger partial charge in [-0.25, -0.2) is 0 Å². The van der Waals surface area contributed by atoms with Gasteiger partial charge in [0.2, 0.25) is 0 Å². The van der Waals surface area contributed by atoms with E-state index in [1.807, 2.05) is 0 Å². The van der Waals surface area contributed by atoms with E-state index in [-0.39, 0.29) is 6.42 Å². The number of carboxylic acid groups (broad SMARTS) is 1. The average molecular weight is 206 g/mol. The maximum atomic E-state index is 10.5. The lowest BCUT2D eigenvalue weighted by Crippen LogP contribution is -2.00. The Labute approximate surface area is 90.9 Å². The van der Waals surface area contributed by atoms with Crippen LogP contribution in [0.3, 0.4) is 0 Å². The van der Waals surface area contributed by atoms with E-state index < -0.39 is 5.97 Å². The molecule has 0 spiro atoms. The molecule has 82 valence electrons. The van der Waals surface area contributed by atoms with E-state index in [0.29, 0.717) is 6.42 Å². The van der Waals surface area contributed by atoms with Crippen molar-refractivity contribution in [1.29, 1.82) is 0 Å². The van der Waals surface area contributed by atoms with E-state index in [2.05, 4.69) is 32.9 Å². The smallest absolute Gasteiger partial charge is 0.303 e. The van der Waals surface area contributed by atoms with Crippen molar-refractivity contribution in [3.05, 3.63) is 34.4 Å². The van der Waals surface area contributed by atoms with Gasteiger partial charge in [-0.1, -0.05) is 19.1 Å². The molecular weight excluding hydrogens is 188 g/mol. The molecule has 15 heavy (non-hydrogen) atoms. The Balaban J connectivity index is 2.88. The van der Waals surface area contributed by atoms with Gasteiger partial charge < -0.3 is 5.11 Å². The molecule has 0 saturated heterocycles. The molecule has 0 aromatic heterocycles. The fourth-order valence-electron chi connectivity index (χ4n) is 2.04. The van der Waals surface area contributed by atoms with Gasteiger partial charge in [-0.15, -0.1) is 0 Å². The first-order valence-electron chi connectivity index (χ1n) is 5.35. The zero-order valence-corrected chi connectivity index (χ0v) is 9.63. The molecule has 0 amide bonds. The highest BCUT2D eigenvalue weighted by Gasteiger charge is 2.04. The second-order valence-electron chi connectivity index (χ2n) is 3.96. The van der Waals surface area contributed by atoms with Gasteiger partial charge in [0.15, 0.2) is 0 Å². The van der Waals surface area contributed by atoms with Crippen LogP contribution in [0.25, 0.3) is 0 Å². The Bertz CT molecular complexity index is 344. The van der Waals surface area contributed by atoms with Crippen LogP contribution in [0.4, 0.5) is 0 Å². The molecule has 2 nitrogen and oxygen atoms in total. The molecule has 1 N–H and O–H groups in total. The van der Waals surface area contributed by atoms with Crippen LogP contribution in [-0.4, -0.2) is 11.1 Å². The van der Waals surface area contributed by atoms with Crippen LogP contribution >= 0.6 is 0 Å². The molecule has 0 radical (unpaired) electrons. The number of carbonyl (C=O) groups is 1. The Morgan fingerprint density at radius 2 is 1.80 bits per heavy atom. The Morgan fingerprint density at radius 3 is 2.20 bits per heavy atom. The molecule has 0 aliphatic carbocycles. The van der Waals surface area contributed by atoms with Crippen LogP contribution in [-0.2, 0) is 17.6 Å². The fourth-order valence-corrected chi connectivity index (χ4v) is 2.04. The molecule has 0 atom stereocenters. The van der Waals surface area contributed by atoms with Gasteiger partial charge >= 0.3 is 5.97 Å². The molecule has 0 heterocycles. The van der Waals surface area contributed by atoms with Crippen molar-refractivity contribution in [1.82, 2.24) is 0 Å². The number of carboxylic acids is 1. The molecule has 0 aliphatic heterocycles. The van der Waals surface area contributed by atoms with Crippen molar-refractivity contribution < 1.29 is 9.90 Å². The minimum absolute atomic E-state index is 0.213. The summed E-state index contributed by atoms with van der Waals surface area (Å²) < 4.78 is 0. The third kappa shape index (κ3) is 3.08. The van der Waals surface area contributed by atoms with Gasteiger partial charge in [0, 0.05) is 6.42 Å². The van der Waals surface area contributed by atoms with Gasteiger partial charge in [-0.3, -0.25) is 4.79 Å². The van der Waals surface area contributed by atoms with Gasteiger partial charge in [-0.05, 0) is 48.9 Å². The fraction of sp³-hybridized carbons (Fsp3) is 0.462. The summed E-state index contributed by atoms with van der Waals surface area (Å²) in [5.74, 6) is -0.732. The zero-order valence-electron chi connectivity index (χ0n) is 9.63. The summed E-state index contributed by atoms with van der Waals surface area (Å²) in [5, 5.41) is 8.61. The van der Waals surface area contributed by atoms with E-state index in [1.54, 1.807) is 0 Å². The van der Waals surface area contributed by atoms with Crippen LogP contribution in [0.5, 0.6) is 0 Å². The molecule has 2 heteroatoms. The van der Waals surface area contributed by atoms with Crippen molar-refractivity contribution >= 4 is 5.97 Å². The van der Waals surface area contributed by atoms with E-state index in [0.717, 1.165) is 12.0 Å². The SMILES string of the molecule is CCc1c(C)cc(CCC(=O)O)cc1C. The highest BCUT2D eigenvalue weighted by Crippen LogP contribution is 2.18. The molecule has 0 aliphatic rings. The maximum Gasteiger partial charge on any atom is 0.303 e. The Hall–Kier alpha value is -1.31. The zero-order chi connectivity index (χ0) is 11.4. The van der Waals surface area contributed by atoms with Crippen LogP contribution in [0, 0.1) is 13.8 Å². The minimum Gasteiger partial charge on any atom is -0.481 e. The van der Waals surface area contributed by atoms with Crippen molar-refractivity contribution in [2.45, 2.75) is 40.0 Å². The summed E-state index contributed by atoms with van der Waals surface area (Å²) in [5.41, 5.74) is 5.06. The molecule has 0 bridgehead atoms. The molecular formula is C13H18O2. The normalized spacial score (nSPS) is 10.3. The van der Waals surface area contributed by atoms with Crippen LogP contribution in [0.1, 0.15) is 35.6 Å². The van der Waals surface area contributed by atoms with Crippen LogP contribution in [0.2, 0.25) is 0 Å². The number of aryl methyl sites for hydroxylation is 3. The molecule has 1 aromatic carbocycles. The lowest BCUT2D eigenvalue weighted by Gasteiger charge is -2.10. The van der Waals surface area contributed by atoms with Crippen LogP contribution in [0.15, 0.2) is 12.1 Å². The third-order valence-corrected chi connectivity index (χ3v) is 2.74. The predicted octanol–water partition coefficient (Wildman–Crippen LogP) is 2.88. The first-order valence-corrected chi connectivity index (χ1v) is 5.35. The largest absolute Gasteiger partial charge is 0.481 e. The summed E-state index contributed by atoms with van der Waals surface area (Å²) in [6.07, 6.45) is 1.88. The highest BCUT2D eigenvalue weighted by atomic mass is 16.4. The van der Waals surface area contributed by atoms with Crippen molar-refractivity contribution in [3.63, 3.8) is 0 Å². The number of hydrogen-bond donors (Lipinski definition) is 1. The third-order valence-electron chi connectivity index (χ3n) is 2.74. The first kappa shape index (κ1) is 11.8. The van der Waals surface area contributed by atoms with Gasteiger partial charge in [0.1, 0.15) is 0 Å². The maximum absolute atomic E-state index is 10.5. The van der Waals surface area contributed by atoms with Gasteiger partial charge in [0.05, 0.1) is 0 Å². The van der Waals surface area contributed by atoms with E-state index >= 15 is 0 Å². The standard InChI is InChI=1S/C13H18O2/c1-4-12-9(2)7-11(8-10(12)3)5-6-13(14)15/h7-8H,4-6H2,1-3H3,(H,14,15). The summed E-state index contributed by atoms with van der Waals surface area (Å²) in [7, 11) is 0. The monoisotopic (exact) mass is 206 g/mol. The van der Waals surface area contributed by atoms with E-state index in [4.69, 9.17) is 5.11 Å². The van der Waals surface area contributed by atoms with Gasteiger partial charge in [0.25, 0.3) is 0 Å². The number of aliphatic carboxylic acids is 1. The number of benzene rings is 1. The van der Waals surface area contributed by atoms with Crippen LogP contribution < -0.4 is 0 Å². The van der Waals surface area contributed by atoms with Crippen molar-refractivity contribution in [2.75, 3.05) is 0 Å². The molecule has 0 fully saturated rings. The molecule has 1 aromatic rings.